The highest BCUT2D eigenvalue weighted by molar-refractivity contribution is 8.14. The van der Waals surface area contributed by atoms with Crippen LogP contribution in [0.5, 0.6) is 5.75 Å². The molecular weight excluding hydrogens is 354 g/mol. The lowest BCUT2D eigenvalue weighted by molar-refractivity contribution is -0.107. The lowest BCUT2D eigenvalue weighted by Gasteiger charge is -2.14. The van der Waals surface area contributed by atoms with Gasteiger partial charge < -0.3 is 20.5 Å². The van der Waals surface area contributed by atoms with Crippen LogP contribution in [0.2, 0.25) is 0 Å². The summed E-state index contributed by atoms with van der Waals surface area (Å²) in [6.45, 7) is 2.03. The van der Waals surface area contributed by atoms with Crippen molar-refractivity contribution >= 4 is 23.3 Å². The SMILES string of the molecule is CCc1ccc([C@@H](O)NOc2ccc(C[C@@H](C=O)SC(N)=O)cc2)nc1. The molecule has 26 heavy (non-hydrogen) atoms. The zero-order valence-electron chi connectivity index (χ0n) is 14.3. The van der Waals surface area contributed by atoms with Crippen LogP contribution in [0.4, 0.5) is 4.79 Å². The van der Waals surface area contributed by atoms with E-state index in [1.807, 2.05) is 13.0 Å². The molecule has 2 aromatic rings. The van der Waals surface area contributed by atoms with Crippen LogP contribution in [0.1, 0.15) is 30.0 Å². The van der Waals surface area contributed by atoms with Gasteiger partial charge in [-0.25, -0.2) is 0 Å². The van der Waals surface area contributed by atoms with Gasteiger partial charge in [0.05, 0.1) is 10.9 Å². The molecule has 0 saturated carbocycles. The van der Waals surface area contributed by atoms with Gasteiger partial charge in [0.2, 0.25) is 0 Å². The topological polar surface area (TPSA) is 115 Å². The van der Waals surface area contributed by atoms with E-state index in [0.717, 1.165) is 29.3 Å². The molecule has 1 heterocycles. The maximum absolute atomic E-state index is 11.0. The van der Waals surface area contributed by atoms with Crippen molar-refractivity contribution in [2.45, 2.75) is 31.2 Å². The maximum Gasteiger partial charge on any atom is 0.277 e. The monoisotopic (exact) mass is 375 g/mol. The molecule has 4 N–H and O–H groups in total. The van der Waals surface area contributed by atoms with Crippen molar-refractivity contribution in [2.75, 3.05) is 0 Å². The lowest BCUT2D eigenvalue weighted by Crippen LogP contribution is -2.25. The fourth-order valence-corrected chi connectivity index (χ4v) is 2.81. The molecule has 8 heteroatoms. The number of aryl methyl sites for hydroxylation is 1. The Kier molecular flexibility index (Phi) is 7.58. The molecule has 0 unspecified atom stereocenters. The summed E-state index contributed by atoms with van der Waals surface area (Å²) >= 11 is 0.800. The minimum Gasteiger partial charge on any atom is -0.406 e. The molecule has 0 aliphatic rings. The van der Waals surface area contributed by atoms with Crippen molar-refractivity contribution in [1.29, 1.82) is 0 Å². The molecule has 0 fully saturated rings. The molecule has 2 atom stereocenters. The molecule has 0 aliphatic carbocycles. The van der Waals surface area contributed by atoms with E-state index in [9.17, 15) is 14.7 Å². The maximum atomic E-state index is 11.0. The molecule has 0 aliphatic heterocycles. The third-order valence-corrected chi connectivity index (χ3v) is 4.42. The molecule has 0 bridgehead atoms. The van der Waals surface area contributed by atoms with Crippen LogP contribution >= 0.6 is 11.8 Å². The number of hydroxylamine groups is 1. The van der Waals surface area contributed by atoms with Crippen LogP contribution in [0.15, 0.2) is 42.6 Å². The highest BCUT2D eigenvalue weighted by Gasteiger charge is 2.13. The van der Waals surface area contributed by atoms with Crippen LogP contribution < -0.4 is 16.1 Å². The average Bonchev–Trinajstić information content (AvgIpc) is 2.66. The number of nitrogens with zero attached hydrogens (tertiary/aromatic N) is 1. The van der Waals surface area contributed by atoms with Crippen molar-refractivity contribution in [3.8, 4) is 5.75 Å². The quantitative estimate of drug-likeness (QED) is 0.349. The van der Waals surface area contributed by atoms with Gasteiger partial charge in [0.1, 0.15) is 12.0 Å². The van der Waals surface area contributed by atoms with Gasteiger partial charge in [0, 0.05) is 6.20 Å². The first-order valence-corrected chi connectivity index (χ1v) is 8.95. The number of amides is 1. The van der Waals surface area contributed by atoms with Crippen molar-refractivity contribution in [3.05, 3.63) is 59.4 Å². The Labute approximate surface area is 155 Å². The van der Waals surface area contributed by atoms with Gasteiger partial charge in [-0.2, -0.15) is 0 Å². The number of aromatic nitrogens is 1. The molecule has 2 rings (SSSR count). The van der Waals surface area contributed by atoms with Crippen molar-refractivity contribution in [1.82, 2.24) is 10.5 Å². The Balaban J connectivity index is 1.87. The van der Waals surface area contributed by atoms with Gasteiger partial charge in [0.25, 0.3) is 5.24 Å². The molecule has 1 aromatic heterocycles. The van der Waals surface area contributed by atoms with Gasteiger partial charge in [0.15, 0.2) is 6.23 Å². The largest absolute Gasteiger partial charge is 0.406 e. The average molecular weight is 375 g/mol. The fraction of sp³-hybridized carbons (Fsp3) is 0.278. The number of carbonyl (C=O) groups is 2. The summed E-state index contributed by atoms with van der Waals surface area (Å²) in [7, 11) is 0. The van der Waals surface area contributed by atoms with Gasteiger partial charge in [-0.3, -0.25) is 9.78 Å². The van der Waals surface area contributed by atoms with E-state index in [2.05, 4.69) is 10.5 Å². The Morgan fingerprint density at radius 1 is 1.31 bits per heavy atom. The minimum absolute atomic E-state index is 0.390. The third kappa shape index (κ3) is 6.14. The molecule has 7 nitrogen and oxygen atoms in total. The van der Waals surface area contributed by atoms with Gasteiger partial charge in [-0.05, 0) is 42.2 Å². The van der Waals surface area contributed by atoms with Crippen LogP contribution in [0.25, 0.3) is 0 Å². The number of primary amides is 1. The number of rotatable bonds is 9. The van der Waals surface area contributed by atoms with E-state index in [1.54, 1.807) is 36.5 Å². The number of benzene rings is 1. The Morgan fingerprint density at radius 2 is 2.00 bits per heavy atom. The van der Waals surface area contributed by atoms with Crippen molar-refractivity contribution < 1.29 is 19.5 Å². The third-order valence-electron chi connectivity index (χ3n) is 3.60. The van der Waals surface area contributed by atoms with Gasteiger partial charge >= 0.3 is 0 Å². The van der Waals surface area contributed by atoms with Gasteiger partial charge in [-0.1, -0.05) is 36.9 Å². The highest BCUT2D eigenvalue weighted by atomic mass is 32.2. The second kappa shape index (κ2) is 9.91. The normalized spacial score (nSPS) is 13.0. The number of pyridine rings is 1. The first kappa shape index (κ1) is 19.9. The first-order chi connectivity index (χ1) is 12.5. The molecule has 1 amide bonds. The summed E-state index contributed by atoms with van der Waals surface area (Å²) in [5, 5.41) is 8.95. The van der Waals surface area contributed by atoms with Crippen LogP contribution in [-0.2, 0) is 17.6 Å². The number of aldehydes is 1. The van der Waals surface area contributed by atoms with E-state index >= 15 is 0 Å². The Bertz CT molecular complexity index is 722. The number of nitrogens with two attached hydrogens (primary N) is 1. The number of hydrogen-bond donors (Lipinski definition) is 3. The molecule has 1 aromatic carbocycles. The van der Waals surface area contributed by atoms with Crippen LogP contribution in [0.3, 0.4) is 0 Å². The lowest BCUT2D eigenvalue weighted by atomic mass is 10.1. The molecule has 0 spiro atoms. The Morgan fingerprint density at radius 3 is 2.54 bits per heavy atom. The summed E-state index contributed by atoms with van der Waals surface area (Å²) in [6.07, 6.45) is 2.62. The summed E-state index contributed by atoms with van der Waals surface area (Å²) < 4.78 is 0. The summed E-state index contributed by atoms with van der Waals surface area (Å²) in [5.74, 6) is 0.489. The smallest absolute Gasteiger partial charge is 0.277 e. The highest BCUT2D eigenvalue weighted by Crippen LogP contribution is 2.18. The molecule has 0 radical (unpaired) electrons. The van der Waals surface area contributed by atoms with E-state index < -0.39 is 16.7 Å². The Hall–Kier alpha value is -2.42. The number of aliphatic hydroxyl groups excluding tert-OH is 1. The van der Waals surface area contributed by atoms with E-state index in [0.29, 0.717) is 24.2 Å². The predicted molar refractivity (Wildman–Crippen MR) is 99.5 cm³/mol. The molecule has 0 saturated heterocycles. The predicted octanol–water partition coefficient (Wildman–Crippen LogP) is 2.14. The van der Waals surface area contributed by atoms with E-state index in [4.69, 9.17) is 10.6 Å². The second-order valence-electron chi connectivity index (χ2n) is 5.53. The molecular formula is C18H21N3O4S. The summed E-state index contributed by atoms with van der Waals surface area (Å²) in [6, 6.07) is 10.6. The summed E-state index contributed by atoms with van der Waals surface area (Å²) in [5.41, 5.74) is 10.0. The standard InChI is InChI=1S/C18H21N3O4S/c1-2-12-5-8-16(20-10-12)17(23)21-25-14-6-3-13(4-7-14)9-15(11-22)26-18(19)24/h3-8,10-11,15,17,21,23H,2,9H2,1H3,(H2,19,24)/t15-,17+/m0/s1. The van der Waals surface area contributed by atoms with Crippen molar-refractivity contribution in [3.63, 3.8) is 0 Å². The van der Waals surface area contributed by atoms with E-state index in [-0.39, 0.29) is 0 Å². The minimum atomic E-state index is -1.06. The summed E-state index contributed by atoms with van der Waals surface area (Å²) in [4.78, 5) is 31.4. The number of carbonyl (C=O) groups excluding carboxylic acids is 2. The van der Waals surface area contributed by atoms with Crippen molar-refractivity contribution in [2.24, 2.45) is 5.73 Å². The number of thioether (sulfide) groups is 1. The second-order valence-corrected chi connectivity index (χ2v) is 6.77. The zero-order chi connectivity index (χ0) is 18.9. The fourth-order valence-electron chi connectivity index (χ4n) is 2.18. The number of aliphatic hydroxyl groups is 1. The van der Waals surface area contributed by atoms with E-state index in [1.165, 1.54) is 0 Å². The van der Waals surface area contributed by atoms with Gasteiger partial charge in [-0.15, -0.1) is 5.48 Å². The van der Waals surface area contributed by atoms with Crippen LogP contribution in [-0.4, -0.2) is 26.9 Å². The number of nitrogens with one attached hydrogen (secondary N) is 1. The first-order valence-electron chi connectivity index (χ1n) is 8.07. The number of hydrogen-bond acceptors (Lipinski definition) is 7. The van der Waals surface area contributed by atoms with Crippen LogP contribution in [0, 0.1) is 0 Å². The zero-order valence-corrected chi connectivity index (χ0v) is 15.1. The molecule has 138 valence electrons.